The van der Waals surface area contributed by atoms with Crippen molar-refractivity contribution < 1.29 is 24.2 Å². The molecule has 6 atom stereocenters. The third-order valence-electron chi connectivity index (χ3n) is 9.00. The average molecular weight is 598 g/mol. The van der Waals surface area contributed by atoms with Gasteiger partial charge in [0.25, 0.3) is 0 Å². The Kier molecular flexibility index (Phi) is 9.82. The van der Waals surface area contributed by atoms with E-state index in [1.165, 1.54) is 0 Å². The van der Waals surface area contributed by atoms with Gasteiger partial charge in [0.15, 0.2) is 0 Å². The Morgan fingerprint density at radius 1 is 1.14 bits per heavy atom. The molecule has 3 aliphatic rings. The molecule has 3 saturated heterocycles. The summed E-state index contributed by atoms with van der Waals surface area (Å²) in [5.74, 6) is -0.673. The minimum Gasteiger partial charge on any atom is -0.494 e. The molecule has 0 saturated carbocycles. The van der Waals surface area contributed by atoms with Crippen LogP contribution < -0.4 is 9.64 Å². The van der Waals surface area contributed by atoms with E-state index in [1.807, 2.05) is 56.9 Å². The largest absolute Gasteiger partial charge is 0.494 e. The van der Waals surface area contributed by atoms with E-state index in [9.17, 15) is 19.5 Å². The molecule has 3 fully saturated rings. The van der Waals surface area contributed by atoms with Gasteiger partial charge in [-0.05, 0) is 77.1 Å². The standard InChI is InChI=1S/C33H47N3O5S/c1-8-17-34(23-13-15-24(16-14-23)41-10-3)29(38)26-25-21-22(4)33(42-25)27(26)30(39)35(19-11-12-20-37)28(33)31(40)36(18-9-2)32(5,6)7/h8-9,13-16,22,25-28,37H,1-2,10-12,17-21H2,3-7H3/t22?,25-,26+,27-,28?,33?/m0/s1. The lowest BCUT2D eigenvalue weighted by Gasteiger charge is -2.44. The van der Waals surface area contributed by atoms with Crippen molar-refractivity contribution in [3.05, 3.63) is 49.6 Å². The Balaban J connectivity index is 1.76. The van der Waals surface area contributed by atoms with Crippen molar-refractivity contribution in [3.8, 4) is 5.75 Å². The van der Waals surface area contributed by atoms with Crippen molar-refractivity contribution in [2.24, 2.45) is 17.8 Å². The maximum absolute atomic E-state index is 14.6. The van der Waals surface area contributed by atoms with Crippen molar-refractivity contribution in [1.82, 2.24) is 9.80 Å². The van der Waals surface area contributed by atoms with Crippen LogP contribution in [0.15, 0.2) is 49.6 Å². The summed E-state index contributed by atoms with van der Waals surface area (Å²) in [6.45, 7) is 19.4. The van der Waals surface area contributed by atoms with Crippen molar-refractivity contribution >= 4 is 35.2 Å². The normalized spacial score (nSPS) is 28.0. The van der Waals surface area contributed by atoms with Gasteiger partial charge in [-0.2, -0.15) is 0 Å². The summed E-state index contributed by atoms with van der Waals surface area (Å²) in [4.78, 5) is 48.8. The fourth-order valence-electron chi connectivity index (χ4n) is 7.21. The van der Waals surface area contributed by atoms with Gasteiger partial charge in [-0.3, -0.25) is 14.4 Å². The van der Waals surface area contributed by atoms with E-state index in [0.29, 0.717) is 39.1 Å². The Bertz CT molecular complexity index is 1180. The number of unbranched alkanes of at least 4 members (excludes halogenated alkanes) is 1. The lowest BCUT2D eigenvalue weighted by Crippen LogP contribution is -2.60. The minimum absolute atomic E-state index is 0.0206. The van der Waals surface area contributed by atoms with Crippen LogP contribution >= 0.6 is 11.8 Å². The van der Waals surface area contributed by atoms with Gasteiger partial charge in [-0.15, -0.1) is 24.9 Å². The molecule has 8 nitrogen and oxygen atoms in total. The van der Waals surface area contributed by atoms with Gasteiger partial charge in [0.2, 0.25) is 17.7 Å². The molecule has 1 N–H and O–H groups in total. The zero-order chi connectivity index (χ0) is 30.8. The molecule has 230 valence electrons. The molecular weight excluding hydrogens is 550 g/mol. The quantitative estimate of drug-likeness (QED) is 0.266. The fraction of sp³-hybridized carbons (Fsp3) is 0.606. The summed E-state index contributed by atoms with van der Waals surface area (Å²) in [5.41, 5.74) is 0.245. The smallest absolute Gasteiger partial charge is 0.247 e. The van der Waals surface area contributed by atoms with Crippen LogP contribution in [0.5, 0.6) is 5.75 Å². The lowest BCUT2D eigenvalue weighted by atomic mass is 9.65. The van der Waals surface area contributed by atoms with Gasteiger partial charge in [0.1, 0.15) is 11.8 Å². The SMILES string of the molecule is C=CCN(C(=O)[C@@H]1[C@@H]2CC(C)C3(S2)C(C(=O)N(CC=C)C(C)(C)C)N(CCCCO)C(=O)[C@H]13)c1ccc(OCC)cc1. The number of hydrogen-bond acceptors (Lipinski definition) is 6. The van der Waals surface area contributed by atoms with Crippen LogP contribution in [0.2, 0.25) is 0 Å². The molecule has 1 aromatic carbocycles. The summed E-state index contributed by atoms with van der Waals surface area (Å²) in [7, 11) is 0. The number of hydrogen-bond donors (Lipinski definition) is 1. The second kappa shape index (κ2) is 12.8. The molecule has 42 heavy (non-hydrogen) atoms. The van der Waals surface area contributed by atoms with Gasteiger partial charge in [0.05, 0.1) is 23.2 Å². The number of aliphatic hydroxyl groups is 1. The van der Waals surface area contributed by atoms with Gasteiger partial charge in [-0.25, -0.2) is 0 Å². The third kappa shape index (κ3) is 5.50. The van der Waals surface area contributed by atoms with Crippen LogP contribution in [0.3, 0.4) is 0 Å². The number of fused-ring (bicyclic) bond motifs is 1. The first-order valence-corrected chi connectivity index (χ1v) is 16.0. The van der Waals surface area contributed by atoms with Gasteiger partial charge in [-0.1, -0.05) is 19.1 Å². The molecule has 4 rings (SSSR count). The van der Waals surface area contributed by atoms with Crippen molar-refractivity contribution in [2.75, 3.05) is 37.7 Å². The number of carbonyl (C=O) groups is 3. The van der Waals surface area contributed by atoms with Crippen molar-refractivity contribution in [1.29, 1.82) is 0 Å². The fourth-order valence-corrected chi connectivity index (χ4v) is 9.62. The molecular formula is C33H47N3O5S. The number of rotatable bonds is 13. The van der Waals surface area contributed by atoms with Crippen molar-refractivity contribution in [3.63, 3.8) is 0 Å². The number of thioether (sulfide) groups is 1. The van der Waals surface area contributed by atoms with Crippen molar-refractivity contribution in [2.45, 2.75) is 75.5 Å². The number of aliphatic hydroxyl groups excluding tert-OH is 1. The molecule has 0 aliphatic carbocycles. The number of likely N-dealkylation sites (tertiary alicyclic amines) is 1. The van der Waals surface area contributed by atoms with E-state index < -0.39 is 28.2 Å². The number of benzene rings is 1. The van der Waals surface area contributed by atoms with E-state index in [4.69, 9.17) is 4.74 Å². The maximum Gasteiger partial charge on any atom is 0.247 e. The predicted molar refractivity (Wildman–Crippen MR) is 169 cm³/mol. The van der Waals surface area contributed by atoms with Gasteiger partial charge < -0.3 is 24.5 Å². The second-order valence-corrected chi connectivity index (χ2v) is 14.1. The van der Waals surface area contributed by atoms with Crippen LogP contribution in [0, 0.1) is 17.8 Å². The predicted octanol–water partition coefficient (Wildman–Crippen LogP) is 4.53. The Labute approximate surface area is 255 Å². The second-order valence-electron chi connectivity index (χ2n) is 12.6. The summed E-state index contributed by atoms with van der Waals surface area (Å²) in [6.07, 6.45) is 5.32. The van der Waals surface area contributed by atoms with Crippen LogP contribution in [0.25, 0.3) is 0 Å². The van der Waals surface area contributed by atoms with Gasteiger partial charge in [0, 0.05) is 42.7 Å². The first-order chi connectivity index (χ1) is 20.0. The molecule has 3 amide bonds. The summed E-state index contributed by atoms with van der Waals surface area (Å²) in [6, 6.07) is 6.74. The molecule has 1 spiro atoms. The first kappa shape index (κ1) is 32.1. The van der Waals surface area contributed by atoms with E-state index in [-0.39, 0.29) is 35.5 Å². The molecule has 3 aliphatic heterocycles. The monoisotopic (exact) mass is 597 g/mol. The van der Waals surface area contributed by atoms with Crippen LogP contribution in [-0.4, -0.2) is 87.1 Å². The molecule has 9 heteroatoms. The highest BCUT2D eigenvalue weighted by Gasteiger charge is 2.76. The highest BCUT2D eigenvalue weighted by atomic mass is 32.2. The maximum atomic E-state index is 14.6. The highest BCUT2D eigenvalue weighted by molar-refractivity contribution is 8.02. The highest BCUT2D eigenvalue weighted by Crippen LogP contribution is 2.69. The average Bonchev–Trinajstić information content (AvgIpc) is 3.53. The van der Waals surface area contributed by atoms with Crippen LogP contribution in [0.1, 0.15) is 53.9 Å². The molecule has 3 heterocycles. The minimum atomic E-state index is -0.707. The van der Waals surface area contributed by atoms with E-state index in [2.05, 4.69) is 20.1 Å². The lowest BCUT2D eigenvalue weighted by molar-refractivity contribution is -0.145. The molecule has 1 aromatic rings. The van der Waals surface area contributed by atoms with E-state index in [0.717, 1.165) is 17.9 Å². The van der Waals surface area contributed by atoms with E-state index in [1.54, 1.807) is 33.7 Å². The first-order valence-electron chi connectivity index (χ1n) is 15.1. The zero-order valence-electron chi connectivity index (χ0n) is 25.8. The number of amides is 3. The summed E-state index contributed by atoms with van der Waals surface area (Å²) >= 11 is 1.68. The van der Waals surface area contributed by atoms with E-state index >= 15 is 0 Å². The zero-order valence-corrected chi connectivity index (χ0v) is 26.6. The molecule has 0 aromatic heterocycles. The summed E-state index contributed by atoms with van der Waals surface area (Å²) < 4.78 is 4.89. The number of anilines is 1. The van der Waals surface area contributed by atoms with Gasteiger partial charge >= 0.3 is 0 Å². The number of ether oxygens (including phenoxy) is 1. The Morgan fingerprint density at radius 2 is 1.81 bits per heavy atom. The molecule has 0 radical (unpaired) electrons. The number of carbonyl (C=O) groups excluding carboxylic acids is 3. The Hall–Kier alpha value is -2.78. The third-order valence-corrected chi connectivity index (χ3v) is 11.1. The summed E-state index contributed by atoms with van der Waals surface area (Å²) in [5, 5.41) is 9.41. The van der Waals surface area contributed by atoms with Crippen LogP contribution in [-0.2, 0) is 14.4 Å². The van der Waals surface area contributed by atoms with Crippen LogP contribution in [0.4, 0.5) is 5.69 Å². The number of nitrogens with zero attached hydrogens (tertiary/aromatic N) is 3. The molecule has 3 unspecified atom stereocenters. The Morgan fingerprint density at radius 3 is 2.38 bits per heavy atom. The molecule has 2 bridgehead atoms. The topological polar surface area (TPSA) is 90.4 Å².